The molecule has 0 aliphatic rings. The van der Waals surface area contributed by atoms with Gasteiger partial charge in [-0.05, 0) is 38.1 Å². The molecule has 1 aromatic carbocycles. The highest BCUT2D eigenvalue weighted by Gasteiger charge is 2.41. The van der Waals surface area contributed by atoms with Crippen LogP contribution in [-0.4, -0.2) is 35.2 Å². The van der Waals surface area contributed by atoms with Gasteiger partial charge in [0.15, 0.2) is 34.5 Å². The number of carbonyl (C=O) groups excluding carboxylic acids is 1. The highest BCUT2D eigenvalue weighted by atomic mass is 79.9. The number of rotatable bonds is 6. The Morgan fingerprint density at radius 3 is 2.52 bits per heavy atom. The van der Waals surface area contributed by atoms with Crippen LogP contribution < -0.4 is 15.7 Å². The maximum Gasteiger partial charge on any atom is 0.434 e. The Kier molecular flexibility index (Phi) is 6.91. The zero-order chi connectivity index (χ0) is 28.8. The smallest absolute Gasteiger partial charge is 0.434 e. The number of aromatic amines is 1. The Labute approximate surface area is 230 Å². The first-order valence-corrected chi connectivity index (χ1v) is 12.4. The topological polar surface area (TPSA) is 120 Å². The van der Waals surface area contributed by atoms with Gasteiger partial charge in [-0.15, -0.1) is 0 Å². The number of alkyl halides is 3. The summed E-state index contributed by atoms with van der Waals surface area (Å²) in [4.78, 5) is 35.7. The number of anilines is 1. The van der Waals surface area contributed by atoms with Crippen molar-refractivity contribution in [1.29, 1.82) is 0 Å². The second-order valence-electron chi connectivity index (χ2n) is 8.75. The van der Waals surface area contributed by atoms with E-state index in [9.17, 15) is 22.8 Å². The molecule has 0 aliphatic carbocycles. The average Bonchev–Trinajstić information content (AvgIpc) is 3.47. The molecule has 206 valence electrons. The van der Waals surface area contributed by atoms with Crippen molar-refractivity contribution in [3.63, 3.8) is 0 Å². The van der Waals surface area contributed by atoms with Crippen LogP contribution in [0.25, 0.3) is 17.0 Å². The van der Waals surface area contributed by atoms with Gasteiger partial charge in [0.05, 0.1) is 11.8 Å². The lowest BCUT2D eigenvalue weighted by Crippen LogP contribution is -2.21. The van der Waals surface area contributed by atoms with Crippen LogP contribution >= 0.6 is 15.9 Å². The first-order chi connectivity index (χ1) is 18.9. The van der Waals surface area contributed by atoms with E-state index < -0.39 is 34.8 Å². The number of nitrogens with one attached hydrogen (secondary N) is 2. The van der Waals surface area contributed by atoms with Crippen LogP contribution in [0.3, 0.4) is 0 Å². The maximum atomic E-state index is 15.0. The fourth-order valence-corrected chi connectivity index (χ4v) is 4.37. The van der Waals surface area contributed by atoms with E-state index >= 15 is 4.39 Å². The van der Waals surface area contributed by atoms with Crippen LogP contribution in [0.5, 0.6) is 11.5 Å². The molecule has 2 N–H and O–H groups in total. The number of carbonyl (C=O) groups is 1. The van der Waals surface area contributed by atoms with Crippen LogP contribution in [0.2, 0.25) is 0 Å². The molecular formula is C25H18BrF4N7O3. The van der Waals surface area contributed by atoms with Crippen molar-refractivity contribution in [2.24, 2.45) is 0 Å². The summed E-state index contributed by atoms with van der Waals surface area (Å²) < 4.78 is 65.0. The summed E-state index contributed by atoms with van der Waals surface area (Å²) in [5, 5.41) is 5.97. The lowest BCUT2D eigenvalue weighted by Gasteiger charge is -2.14. The Bertz CT molecular complexity index is 1810. The number of hydrogen-bond donors (Lipinski definition) is 2. The lowest BCUT2D eigenvalue weighted by molar-refractivity contribution is -0.143. The van der Waals surface area contributed by atoms with Gasteiger partial charge in [-0.2, -0.15) is 18.3 Å². The second kappa shape index (κ2) is 10.2. The molecule has 0 saturated heterocycles. The highest BCUT2D eigenvalue weighted by Crippen LogP contribution is 2.35. The standard InChI is InChI=1S/C25H18BrF4N7O3/c1-12(2)36-20-18(6-8-32-22(20)35-24(36)39)40-17-4-3-14(10-16(17)27)34-23(38)15-11-33-37(21(15)25(28,29)30)19-9-13(26)5-7-31-19/h3-12H,1-2H3,(H,34,38)(H,32,35,39). The fraction of sp³-hybridized carbons (Fsp3) is 0.160. The third-order valence-corrected chi connectivity index (χ3v) is 6.20. The Balaban J connectivity index is 1.43. The molecule has 15 heteroatoms. The van der Waals surface area contributed by atoms with Crippen molar-refractivity contribution >= 4 is 38.7 Å². The third kappa shape index (κ3) is 5.06. The average molecular weight is 620 g/mol. The Morgan fingerprint density at radius 1 is 1.10 bits per heavy atom. The first-order valence-electron chi connectivity index (χ1n) is 11.6. The van der Waals surface area contributed by atoms with E-state index in [0.717, 1.165) is 12.3 Å². The van der Waals surface area contributed by atoms with E-state index in [4.69, 9.17) is 4.74 Å². The van der Waals surface area contributed by atoms with E-state index in [1.165, 1.54) is 47.3 Å². The van der Waals surface area contributed by atoms with Crippen molar-refractivity contribution in [3.05, 3.63) is 87.0 Å². The highest BCUT2D eigenvalue weighted by molar-refractivity contribution is 9.10. The fourth-order valence-electron chi connectivity index (χ4n) is 4.05. The molecule has 40 heavy (non-hydrogen) atoms. The minimum absolute atomic E-state index is 0.128. The number of aromatic nitrogens is 6. The quantitative estimate of drug-likeness (QED) is 0.230. The maximum absolute atomic E-state index is 15.0. The number of hydrogen-bond acceptors (Lipinski definition) is 6. The van der Waals surface area contributed by atoms with Gasteiger partial charge in [-0.3, -0.25) is 14.3 Å². The van der Waals surface area contributed by atoms with Gasteiger partial charge in [-0.25, -0.2) is 23.8 Å². The molecule has 5 aromatic rings. The molecule has 5 rings (SSSR count). The number of amides is 1. The molecule has 0 fully saturated rings. The van der Waals surface area contributed by atoms with E-state index in [-0.39, 0.29) is 34.7 Å². The molecule has 1 amide bonds. The van der Waals surface area contributed by atoms with Gasteiger partial charge in [0, 0.05) is 40.7 Å². The summed E-state index contributed by atoms with van der Waals surface area (Å²) >= 11 is 3.16. The number of H-pyrrole nitrogens is 1. The number of pyridine rings is 2. The molecular weight excluding hydrogens is 602 g/mol. The first kappa shape index (κ1) is 27.1. The normalized spacial score (nSPS) is 11.8. The van der Waals surface area contributed by atoms with Crippen molar-refractivity contribution in [2.75, 3.05) is 5.32 Å². The summed E-state index contributed by atoms with van der Waals surface area (Å²) in [5.74, 6) is -2.34. The minimum Gasteiger partial charge on any atom is -0.452 e. The van der Waals surface area contributed by atoms with Crippen LogP contribution in [0.1, 0.15) is 35.9 Å². The van der Waals surface area contributed by atoms with E-state index in [1.807, 2.05) is 0 Å². The summed E-state index contributed by atoms with van der Waals surface area (Å²) in [7, 11) is 0. The monoisotopic (exact) mass is 619 g/mol. The van der Waals surface area contributed by atoms with Crippen molar-refractivity contribution in [2.45, 2.75) is 26.1 Å². The number of ether oxygens (including phenoxy) is 1. The van der Waals surface area contributed by atoms with Crippen LogP contribution in [0.15, 0.2) is 64.3 Å². The third-order valence-electron chi connectivity index (χ3n) is 5.71. The van der Waals surface area contributed by atoms with Crippen molar-refractivity contribution in [1.82, 2.24) is 29.3 Å². The Hall–Kier alpha value is -4.53. The number of benzene rings is 1. The second-order valence-corrected chi connectivity index (χ2v) is 9.67. The van der Waals surface area contributed by atoms with E-state index in [2.05, 4.69) is 41.3 Å². The van der Waals surface area contributed by atoms with Gasteiger partial charge < -0.3 is 10.1 Å². The molecule has 0 bridgehead atoms. The molecule has 0 unspecified atom stereocenters. The van der Waals surface area contributed by atoms with E-state index in [0.29, 0.717) is 14.7 Å². The van der Waals surface area contributed by atoms with Gasteiger partial charge >= 0.3 is 11.9 Å². The van der Waals surface area contributed by atoms with Crippen LogP contribution in [0, 0.1) is 5.82 Å². The minimum atomic E-state index is -4.96. The number of imidazole rings is 1. The van der Waals surface area contributed by atoms with Gasteiger partial charge in [-0.1, -0.05) is 15.9 Å². The largest absolute Gasteiger partial charge is 0.452 e. The predicted molar refractivity (Wildman–Crippen MR) is 139 cm³/mol. The summed E-state index contributed by atoms with van der Waals surface area (Å²) in [6.07, 6.45) is -1.54. The molecule has 0 saturated carbocycles. The summed E-state index contributed by atoms with van der Waals surface area (Å²) in [6.45, 7) is 3.57. The van der Waals surface area contributed by atoms with Crippen LogP contribution in [-0.2, 0) is 6.18 Å². The predicted octanol–water partition coefficient (Wildman–Crippen LogP) is 5.85. The van der Waals surface area contributed by atoms with Gasteiger partial charge in [0.25, 0.3) is 5.91 Å². The molecule has 0 atom stereocenters. The van der Waals surface area contributed by atoms with Crippen LogP contribution in [0.4, 0.5) is 23.2 Å². The summed E-state index contributed by atoms with van der Waals surface area (Å²) in [5.41, 5.74) is -2.09. The molecule has 10 nitrogen and oxygen atoms in total. The molecule has 4 heterocycles. The molecule has 4 aromatic heterocycles. The lowest BCUT2D eigenvalue weighted by atomic mass is 10.2. The van der Waals surface area contributed by atoms with E-state index in [1.54, 1.807) is 13.8 Å². The van der Waals surface area contributed by atoms with Gasteiger partial charge in [0.1, 0.15) is 5.52 Å². The van der Waals surface area contributed by atoms with Crippen molar-refractivity contribution < 1.29 is 27.1 Å². The number of nitrogens with zero attached hydrogens (tertiary/aromatic N) is 5. The number of halogens is 5. The van der Waals surface area contributed by atoms with Crippen molar-refractivity contribution in [3.8, 4) is 17.3 Å². The summed E-state index contributed by atoms with van der Waals surface area (Å²) in [6, 6.07) is 7.39. The molecule has 0 spiro atoms. The molecule has 0 radical (unpaired) electrons. The zero-order valence-electron chi connectivity index (χ0n) is 20.6. The molecule has 0 aliphatic heterocycles. The Morgan fingerprint density at radius 2 is 1.85 bits per heavy atom. The SMILES string of the molecule is CC(C)n1c(=O)[nH]c2nccc(Oc3ccc(NC(=O)c4cnn(-c5cc(Br)ccn5)c4C(F)(F)F)cc3F)c21. The number of fused-ring (bicyclic) bond motifs is 1. The zero-order valence-corrected chi connectivity index (χ0v) is 22.2. The van der Waals surface area contributed by atoms with Gasteiger partial charge in [0.2, 0.25) is 0 Å².